The van der Waals surface area contributed by atoms with Crippen LogP contribution in [0.3, 0.4) is 0 Å². The van der Waals surface area contributed by atoms with Crippen LogP contribution in [0.4, 0.5) is 4.79 Å². The minimum absolute atomic E-state index is 0.0819. The zero-order valence-electron chi connectivity index (χ0n) is 15.7. The molecule has 9 heteroatoms. The largest absolute Gasteiger partial charge is 0.489 e. The molecule has 1 aromatic rings. The molecular weight excluding hydrogens is 366 g/mol. The van der Waals surface area contributed by atoms with Gasteiger partial charge in [0, 0.05) is 26.2 Å². The van der Waals surface area contributed by atoms with Gasteiger partial charge in [-0.1, -0.05) is 18.2 Å². The standard InChI is InChI=1S/C17H25N3O2.C2H2O4/c21-17-19-10-4-12-20(17)11-3-9-18-13-15-8-7-14-5-1-2-6-16(14)22-15;3-1(4)2(5)6/h1-2,5-6,15,18H,3-4,7-13H2,(H,19,21);(H,3,4)(H,5,6). The molecule has 2 amide bonds. The molecule has 154 valence electrons. The Morgan fingerprint density at radius 1 is 1.25 bits per heavy atom. The lowest BCUT2D eigenvalue weighted by molar-refractivity contribution is -0.159. The van der Waals surface area contributed by atoms with Gasteiger partial charge in [-0.25, -0.2) is 14.4 Å². The van der Waals surface area contributed by atoms with E-state index in [0.717, 1.165) is 64.2 Å². The van der Waals surface area contributed by atoms with Gasteiger partial charge < -0.3 is 30.5 Å². The second-order valence-electron chi connectivity index (χ2n) is 6.63. The number of carboxylic acids is 2. The molecule has 1 aromatic carbocycles. The molecule has 0 saturated carbocycles. The molecule has 0 spiro atoms. The highest BCUT2D eigenvalue weighted by molar-refractivity contribution is 6.27. The zero-order valence-corrected chi connectivity index (χ0v) is 15.7. The number of carbonyl (C=O) groups excluding carboxylic acids is 1. The van der Waals surface area contributed by atoms with E-state index in [2.05, 4.69) is 28.8 Å². The van der Waals surface area contributed by atoms with Gasteiger partial charge in [0.2, 0.25) is 0 Å². The Bertz CT molecular complexity index is 669. The number of aryl methyl sites for hydroxylation is 1. The van der Waals surface area contributed by atoms with Gasteiger partial charge in [-0.15, -0.1) is 0 Å². The SMILES string of the molecule is O=C(O)C(=O)O.O=C1NCCCN1CCCNCC1CCc2ccccc2O1. The van der Waals surface area contributed by atoms with E-state index in [4.69, 9.17) is 24.5 Å². The third kappa shape index (κ3) is 7.07. The number of hydrogen-bond acceptors (Lipinski definition) is 5. The highest BCUT2D eigenvalue weighted by Crippen LogP contribution is 2.26. The van der Waals surface area contributed by atoms with Crippen LogP contribution in [0.15, 0.2) is 24.3 Å². The van der Waals surface area contributed by atoms with Gasteiger partial charge in [0.25, 0.3) is 0 Å². The Hall–Kier alpha value is -2.81. The van der Waals surface area contributed by atoms with Crippen molar-refractivity contribution in [1.29, 1.82) is 0 Å². The van der Waals surface area contributed by atoms with E-state index in [1.165, 1.54) is 5.56 Å². The number of amides is 2. The van der Waals surface area contributed by atoms with Crippen LogP contribution >= 0.6 is 0 Å². The Morgan fingerprint density at radius 3 is 2.71 bits per heavy atom. The number of ether oxygens (including phenoxy) is 1. The number of nitrogens with zero attached hydrogens (tertiary/aromatic N) is 1. The summed E-state index contributed by atoms with van der Waals surface area (Å²) in [5.41, 5.74) is 1.31. The molecule has 1 unspecified atom stereocenters. The first kappa shape index (κ1) is 21.5. The van der Waals surface area contributed by atoms with Crippen molar-refractivity contribution in [2.24, 2.45) is 0 Å². The van der Waals surface area contributed by atoms with Crippen molar-refractivity contribution < 1.29 is 29.3 Å². The quantitative estimate of drug-likeness (QED) is 0.418. The molecule has 2 aliphatic heterocycles. The summed E-state index contributed by atoms with van der Waals surface area (Å²) in [6.07, 6.45) is 4.45. The number of benzene rings is 1. The van der Waals surface area contributed by atoms with Crippen molar-refractivity contribution >= 4 is 18.0 Å². The van der Waals surface area contributed by atoms with Crippen molar-refractivity contribution in [2.75, 3.05) is 32.7 Å². The zero-order chi connectivity index (χ0) is 20.4. The Balaban J connectivity index is 0.000000409. The van der Waals surface area contributed by atoms with Crippen LogP contribution in [0.5, 0.6) is 5.75 Å². The van der Waals surface area contributed by atoms with E-state index in [1.807, 2.05) is 11.0 Å². The van der Waals surface area contributed by atoms with Crippen LogP contribution in [0.1, 0.15) is 24.8 Å². The first-order valence-corrected chi connectivity index (χ1v) is 9.41. The van der Waals surface area contributed by atoms with Gasteiger partial charge in [0.15, 0.2) is 0 Å². The summed E-state index contributed by atoms with van der Waals surface area (Å²) in [4.78, 5) is 31.7. The van der Waals surface area contributed by atoms with E-state index in [-0.39, 0.29) is 12.1 Å². The number of aliphatic carboxylic acids is 2. The number of urea groups is 1. The first-order chi connectivity index (χ1) is 13.5. The predicted octanol–water partition coefficient (Wildman–Crippen LogP) is 0.931. The van der Waals surface area contributed by atoms with Crippen LogP contribution in [-0.2, 0) is 16.0 Å². The fraction of sp³-hybridized carbons (Fsp3) is 0.526. The topological polar surface area (TPSA) is 128 Å². The summed E-state index contributed by atoms with van der Waals surface area (Å²) in [5, 5.41) is 21.1. The van der Waals surface area contributed by atoms with Gasteiger partial charge in [-0.3, -0.25) is 0 Å². The predicted molar refractivity (Wildman–Crippen MR) is 102 cm³/mol. The lowest BCUT2D eigenvalue weighted by Crippen LogP contribution is -2.47. The normalized spacial score (nSPS) is 18.1. The van der Waals surface area contributed by atoms with Gasteiger partial charge in [-0.2, -0.15) is 0 Å². The van der Waals surface area contributed by atoms with Crippen LogP contribution in [0, 0.1) is 0 Å². The maximum absolute atomic E-state index is 11.6. The summed E-state index contributed by atoms with van der Waals surface area (Å²) in [6, 6.07) is 8.37. The third-order valence-corrected chi connectivity index (χ3v) is 4.51. The molecule has 9 nitrogen and oxygen atoms in total. The van der Waals surface area contributed by atoms with Crippen molar-refractivity contribution in [1.82, 2.24) is 15.5 Å². The summed E-state index contributed by atoms with van der Waals surface area (Å²) in [7, 11) is 0. The van der Waals surface area contributed by atoms with Crippen molar-refractivity contribution in [3.8, 4) is 5.75 Å². The number of nitrogens with one attached hydrogen (secondary N) is 2. The average molecular weight is 393 g/mol. The van der Waals surface area contributed by atoms with Gasteiger partial charge in [0.1, 0.15) is 11.9 Å². The minimum Gasteiger partial charge on any atom is -0.489 e. The average Bonchev–Trinajstić information content (AvgIpc) is 2.69. The van der Waals surface area contributed by atoms with Crippen molar-refractivity contribution in [3.63, 3.8) is 0 Å². The highest BCUT2D eigenvalue weighted by Gasteiger charge is 2.19. The lowest BCUT2D eigenvalue weighted by atomic mass is 10.0. The highest BCUT2D eigenvalue weighted by atomic mass is 16.5. The second-order valence-corrected chi connectivity index (χ2v) is 6.63. The van der Waals surface area contributed by atoms with Gasteiger partial charge >= 0.3 is 18.0 Å². The molecule has 1 fully saturated rings. The number of carbonyl (C=O) groups is 3. The minimum atomic E-state index is -1.82. The molecule has 4 N–H and O–H groups in total. The van der Waals surface area contributed by atoms with Gasteiger partial charge in [0.05, 0.1) is 0 Å². The van der Waals surface area contributed by atoms with Gasteiger partial charge in [-0.05, 0) is 43.9 Å². The Morgan fingerprint density at radius 2 is 2.00 bits per heavy atom. The Labute approximate surface area is 163 Å². The lowest BCUT2D eigenvalue weighted by Gasteiger charge is -2.28. The molecular formula is C19H27N3O6. The smallest absolute Gasteiger partial charge is 0.414 e. The molecule has 0 aliphatic carbocycles. The second kappa shape index (κ2) is 11.1. The van der Waals surface area contributed by atoms with Crippen LogP contribution in [-0.4, -0.2) is 71.9 Å². The maximum Gasteiger partial charge on any atom is 0.414 e. The molecule has 1 saturated heterocycles. The molecule has 1 atom stereocenters. The van der Waals surface area contributed by atoms with Crippen molar-refractivity contribution in [3.05, 3.63) is 29.8 Å². The number of carboxylic acid groups (broad SMARTS) is 2. The number of hydrogen-bond donors (Lipinski definition) is 4. The van der Waals surface area contributed by atoms with Crippen LogP contribution < -0.4 is 15.4 Å². The van der Waals surface area contributed by atoms with Crippen LogP contribution in [0.25, 0.3) is 0 Å². The molecule has 28 heavy (non-hydrogen) atoms. The number of para-hydroxylation sites is 1. The summed E-state index contributed by atoms with van der Waals surface area (Å²) >= 11 is 0. The first-order valence-electron chi connectivity index (χ1n) is 9.41. The number of rotatable bonds is 6. The van der Waals surface area contributed by atoms with E-state index in [9.17, 15) is 4.79 Å². The monoisotopic (exact) mass is 393 g/mol. The van der Waals surface area contributed by atoms with E-state index in [1.54, 1.807) is 0 Å². The molecule has 0 bridgehead atoms. The summed E-state index contributed by atoms with van der Waals surface area (Å²) in [6.45, 7) is 4.32. The summed E-state index contributed by atoms with van der Waals surface area (Å²) < 4.78 is 6.01. The Kier molecular flexibility index (Phi) is 8.54. The molecule has 2 aliphatic rings. The van der Waals surface area contributed by atoms with Crippen LogP contribution in [0.2, 0.25) is 0 Å². The molecule has 0 aromatic heterocycles. The van der Waals surface area contributed by atoms with E-state index in [0.29, 0.717) is 0 Å². The third-order valence-electron chi connectivity index (χ3n) is 4.51. The molecule has 3 rings (SSSR count). The maximum atomic E-state index is 11.6. The number of fused-ring (bicyclic) bond motifs is 1. The van der Waals surface area contributed by atoms with E-state index < -0.39 is 11.9 Å². The molecule has 2 heterocycles. The fourth-order valence-corrected chi connectivity index (χ4v) is 3.07. The van der Waals surface area contributed by atoms with E-state index >= 15 is 0 Å². The summed E-state index contributed by atoms with van der Waals surface area (Å²) in [5.74, 6) is -2.62. The fourth-order valence-electron chi connectivity index (χ4n) is 3.07. The van der Waals surface area contributed by atoms with Crippen molar-refractivity contribution in [2.45, 2.75) is 31.8 Å². The molecule has 0 radical (unpaired) electrons.